The molecule has 0 aromatic heterocycles. The summed E-state index contributed by atoms with van der Waals surface area (Å²) in [6, 6.07) is 21.5. The van der Waals surface area contributed by atoms with E-state index in [1.54, 1.807) is 12.1 Å². The summed E-state index contributed by atoms with van der Waals surface area (Å²) in [6.07, 6.45) is -0.476. The summed E-state index contributed by atoms with van der Waals surface area (Å²) in [7, 11) is 0. The first-order chi connectivity index (χ1) is 13.1. The molecule has 0 heterocycles. The number of hydrogen-bond donors (Lipinski definition) is 2. The number of aromatic hydroxyl groups is 1. The molecule has 0 bridgehead atoms. The average molecular weight is 424 g/mol. The van der Waals surface area contributed by atoms with Crippen molar-refractivity contribution >= 4 is 22.0 Å². The van der Waals surface area contributed by atoms with Gasteiger partial charge >= 0.3 is 6.09 Å². The number of phenolic OH excluding ortho intramolecular Hbond substituents is 1. The number of benzene rings is 3. The highest BCUT2D eigenvalue weighted by Crippen LogP contribution is 2.44. The zero-order chi connectivity index (χ0) is 18.8. The van der Waals surface area contributed by atoms with Gasteiger partial charge in [0.2, 0.25) is 0 Å². The van der Waals surface area contributed by atoms with Gasteiger partial charge in [0.1, 0.15) is 12.4 Å². The van der Waals surface area contributed by atoms with Gasteiger partial charge in [0.15, 0.2) is 0 Å². The lowest BCUT2D eigenvalue weighted by atomic mass is 9.98. The molecule has 1 amide bonds. The Morgan fingerprint density at radius 3 is 2.26 bits per heavy atom. The fourth-order valence-corrected chi connectivity index (χ4v) is 4.09. The minimum Gasteiger partial charge on any atom is -0.508 e. The first-order valence-corrected chi connectivity index (χ1v) is 9.48. The standard InChI is InChI=1S/C22H18BrNO3/c23-15-9-14(10-16(25)11-15)12-24-22(26)27-13-21-19-7-3-1-5-17(19)18-6-2-4-8-20(18)21/h1-11,21,25H,12-13H2,(H,24,26). The van der Waals surface area contributed by atoms with Crippen LogP contribution in [-0.4, -0.2) is 17.8 Å². The second-order valence-electron chi connectivity index (χ2n) is 6.50. The van der Waals surface area contributed by atoms with E-state index in [2.05, 4.69) is 45.5 Å². The summed E-state index contributed by atoms with van der Waals surface area (Å²) >= 11 is 3.32. The molecule has 5 heteroatoms. The third kappa shape index (κ3) is 3.69. The molecule has 0 saturated heterocycles. The Kier molecular flexibility index (Phi) is 4.86. The van der Waals surface area contributed by atoms with Crippen molar-refractivity contribution in [3.05, 3.63) is 87.9 Å². The van der Waals surface area contributed by atoms with Crippen LogP contribution in [0, 0.1) is 0 Å². The Hall–Kier alpha value is -2.79. The van der Waals surface area contributed by atoms with Crippen molar-refractivity contribution in [1.82, 2.24) is 5.32 Å². The summed E-state index contributed by atoms with van der Waals surface area (Å²) in [5.41, 5.74) is 5.56. The highest BCUT2D eigenvalue weighted by molar-refractivity contribution is 9.10. The van der Waals surface area contributed by atoms with Gasteiger partial charge in [-0.15, -0.1) is 0 Å². The Bertz CT molecular complexity index is 937. The Morgan fingerprint density at radius 1 is 1.00 bits per heavy atom. The third-order valence-corrected chi connectivity index (χ3v) is 5.18. The molecule has 4 rings (SSSR count). The summed E-state index contributed by atoms with van der Waals surface area (Å²) in [5.74, 6) is 0.187. The lowest BCUT2D eigenvalue weighted by molar-refractivity contribution is 0.142. The minimum absolute atomic E-state index is 0.0399. The van der Waals surface area contributed by atoms with E-state index in [0.717, 1.165) is 10.0 Å². The number of phenols is 1. The van der Waals surface area contributed by atoms with Crippen LogP contribution < -0.4 is 5.32 Å². The van der Waals surface area contributed by atoms with Gasteiger partial charge in [-0.25, -0.2) is 4.79 Å². The summed E-state index contributed by atoms with van der Waals surface area (Å²) in [6.45, 7) is 0.563. The highest BCUT2D eigenvalue weighted by atomic mass is 79.9. The lowest BCUT2D eigenvalue weighted by Gasteiger charge is -2.14. The molecule has 0 radical (unpaired) electrons. The van der Waals surface area contributed by atoms with E-state index in [9.17, 15) is 9.90 Å². The zero-order valence-corrected chi connectivity index (χ0v) is 16.1. The number of carbonyl (C=O) groups excluding carboxylic acids is 1. The predicted octanol–water partition coefficient (Wildman–Crippen LogP) is 5.19. The molecule has 3 aromatic rings. The van der Waals surface area contributed by atoms with Crippen molar-refractivity contribution < 1.29 is 14.6 Å². The molecule has 0 unspecified atom stereocenters. The monoisotopic (exact) mass is 423 g/mol. The Morgan fingerprint density at radius 2 is 1.63 bits per heavy atom. The molecule has 0 saturated carbocycles. The SMILES string of the molecule is O=C(NCc1cc(O)cc(Br)c1)OCC1c2ccccc2-c2ccccc21. The van der Waals surface area contributed by atoms with Gasteiger partial charge in [-0.05, 0) is 46.0 Å². The van der Waals surface area contributed by atoms with Crippen LogP contribution in [0.25, 0.3) is 11.1 Å². The van der Waals surface area contributed by atoms with E-state index in [0.29, 0.717) is 0 Å². The van der Waals surface area contributed by atoms with Crippen molar-refractivity contribution in [3.8, 4) is 16.9 Å². The zero-order valence-electron chi connectivity index (χ0n) is 14.5. The number of ether oxygens (including phenoxy) is 1. The topological polar surface area (TPSA) is 58.6 Å². The summed E-state index contributed by atoms with van der Waals surface area (Å²) < 4.78 is 6.25. The van der Waals surface area contributed by atoms with E-state index >= 15 is 0 Å². The number of fused-ring (bicyclic) bond motifs is 3. The second kappa shape index (κ2) is 7.45. The minimum atomic E-state index is -0.476. The molecule has 27 heavy (non-hydrogen) atoms. The van der Waals surface area contributed by atoms with Gasteiger partial charge in [-0.2, -0.15) is 0 Å². The van der Waals surface area contributed by atoms with Crippen LogP contribution in [0.2, 0.25) is 0 Å². The first kappa shape index (κ1) is 17.6. The summed E-state index contributed by atoms with van der Waals surface area (Å²) in [5, 5.41) is 12.4. The van der Waals surface area contributed by atoms with Crippen LogP contribution in [-0.2, 0) is 11.3 Å². The van der Waals surface area contributed by atoms with Crippen LogP contribution >= 0.6 is 15.9 Å². The fraction of sp³-hybridized carbons (Fsp3) is 0.136. The number of nitrogens with one attached hydrogen (secondary N) is 1. The van der Waals surface area contributed by atoms with Gasteiger partial charge < -0.3 is 15.2 Å². The van der Waals surface area contributed by atoms with E-state index in [-0.39, 0.29) is 24.8 Å². The van der Waals surface area contributed by atoms with Crippen LogP contribution in [0.5, 0.6) is 5.75 Å². The van der Waals surface area contributed by atoms with Crippen LogP contribution in [0.15, 0.2) is 71.2 Å². The number of carbonyl (C=O) groups is 1. The van der Waals surface area contributed by atoms with Crippen molar-refractivity contribution in [2.24, 2.45) is 0 Å². The molecule has 4 nitrogen and oxygen atoms in total. The van der Waals surface area contributed by atoms with Crippen LogP contribution in [0.4, 0.5) is 4.79 Å². The molecule has 0 spiro atoms. The molecule has 0 fully saturated rings. The molecular formula is C22H18BrNO3. The molecule has 0 aliphatic heterocycles. The molecule has 1 aliphatic rings. The number of hydrogen-bond acceptors (Lipinski definition) is 3. The van der Waals surface area contributed by atoms with Crippen molar-refractivity contribution in [1.29, 1.82) is 0 Å². The van der Waals surface area contributed by atoms with Gasteiger partial charge in [0.05, 0.1) is 0 Å². The van der Waals surface area contributed by atoms with E-state index in [1.165, 1.54) is 22.3 Å². The smallest absolute Gasteiger partial charge is 0.407 e. The van der Waals surface area contributed by atoms with Crippen molar-refractivity contribution in [3.63, 3.8) is 0 Å². The average Bonchev–Trinajstić information content (AvgIpc) is 2.98. The van der Waals surface area contributed by atoms with Crippen molar-refractivity contribution in [2.75, 3.05) is 6.61 Å². The molecular weight excluding hydrogens is 406 g/mol. The number of halogens is 1. The Balaban J connectivity index is 1.42. The highest BCUT2D eigenvalue weighted by Gasteiger charge is 2.28. The maximum absolute atomic E-state index is 12.2. The maximum atomic E-state index is 12.2. The van der Waals surface area contributed by atoms with Gasteiger partial charge in [-0.1, -0.05) is 64.5 Å². The first-order valence-electron chi connectivity index (χ1n) is 8.69. The molecule has 1 aliphatic carbocycles. The Labute approximate surface area is 165 Å². The van der Waals surface area contributed by atoms with Crippen LogP contribution in [0.3, 0.4) is 0 Å². The normalized spacial score (nSPS) is 12.3. The quantitative estimate of drug-likeness (QED) is 0.606. The van der Waals surface area contributed by atoms with Gasteiger partial charge in [0.25, 0.3) is 0 Å². The van der Waals surface area contributed by atoms with Gasteiger partial charge in [-0.3, -0.25) is 0 Å². The fourth-order valence-electron chi connectivity index (χ4n) is 3.56. The van der Waals surface area contributed by atoms with E-state index in [1.807, 2.05) is 30.3 Å². The predicted molar refractivity (Wildman–Crippen MR) is 108 cm³/mol. The molecule has 0 atom stereocenters. The molecule has 2 N–H and O–H groups in total. The maximum Gasteiger partial charge on any atom is 0.407 e. The third-order valence-electron chi connectivity index (χ3n) is 4.72. The van der Waals surface area contributed by atoms with Crippen molar-refractivity contribution in [2.45, 2.75) is 12.5 Å². The van der Waals surface area contributed by atoms with Crippen LogP contribution in [0.1, 0.15) is 22.6 Å². The largest absolute Gasteiger partial charge is 0.508 e. The second-order valence-corrected chi connectivity index (χ2v) is 7.41. The van der Waals surface area contributed by atoms with E-state index in [4.69, 9.17) is 4.74 Å². The number of amides is 1. The molecule has 136 valence electrons. The number of rotatable bonds is 4. The lowest BCUT2D eigenvalue weighted by Crippen LogP contribution is -2.25. The number of alkyl carbamates (subject to hydrolysis) is 1. The van der Waals surface area contributed by atoms with Gasteiger partial charge in [0, 0.05) is 16.9 Å². The molecule has 3 aromatic carbocycles. The van der Waals surface area contributed by atoms with E-state index < -0.39 is 6.09 Å². The summed E-state index contributed by atoms with van der Waals surface area (Å²) in [4.78, 5) is 12.2.